The van der Waals surface area contributed by atoms with E-state index in [-0.39, 0.29) is 22.7 Å². The van der Waals surface area contributed by atoms with Gasteiger partial charge < -0.3 is 5.11 Å². The van der Waals surface area contributed by atoms with Crippen molar-refractivity contribution in [1.29, 1.82) is 0 Å². The van der Waals surface area contributed by atoms with Crippen LogP contribution in [0.1, 0.15) is 74.1 Å². The van der Waals surface area contributed by atoms with Gasteiger partial charge in [-0.15, -0.1) is 0 Å². The molecule has 4 aliphatic carbocycles. The van der Waals surface area contributed by atoms with Crippen LogP contribution in [0, 0.1) is 23.2 Å². The van der Waals surface area contributed by atoms with Crippen LogP contribution in [-0.4, -0.2) is 27.2 Å². The number of hydrogen-bond acceptors (Lipinski definition) is 3. The number of aromatic nitrogens is 2. The lowest BCUT2D eigenvalue weighted by atomic mass is 9.48. The number of nitrogens with one attached hydrogen (secondary N) is 1. The number of fused-ring (bicyclic) bond motifs is 4. The smallest absolute Gasteiger partial charge is 0.183 e. The molecule has 2 N–H and O–H groups in total. The summed E-state index contributed by atoms with van der Waals surface area (Å²) in [5.41, 5.74) is 3.39. The number of aromatic amines is 1. The molecule has 4 nitrogen and oxygen atoms in total. The second-order valence-corrected chi connectivity index (χ2v) is 8.99. The Morgan fingerprint density at radius 2 is 2.00 bits per heavy atom. The molecular weight excluding hydrogens is 288 g/mol. The lowest BCUT2D eigenvalue weighted by molar-refractivity contribution is -0.0568. The van der Waals surface area contributed by atoms with Crippen LogP contribution >= 0.6 is 0 Å². The second kappa shape index (κ2) is 4.27. The maximum absolute atomic E-state index is 12.2. The zero-order valence-corrected chi connectivity index (χ0v) is 14.1. The minimum absolute atomic E-state index is 0.0996. The van der Waals surface area contributed by atoms with Gasteiger partial charge in [-0.3, -0.25) is 9.89 Å². The lowest BCUT2D eigenvalue weighted by Crippen LogP contribution is -2.53. The molecule has 5 rings (SSSR count). The van der Waals surface area contributed by atoms with Crippen molar-refractivity contribution in [3.63, 3.8) is 0 Å². The molecule has 0 amide bonds. The standard InChI is InChI=1S/C19H26N2O2/c1-18-7-5-12-10(11(18)3-4-15(18)23)9-13-16-17(21-20-13)14(22)6-8-19(12,16)2/h10-12,15,23H,3-9H2,1-2H3,(H,20,21)/t10-,11-,12-,15-,18-,19+/m0/s1. The molecule has 1 heterocycles. The number of carbonyl (C=O) groups is 1. The van der Waals surface area contributed by atoms with E-state index in [4.69, 9.17) is 0 Å². The molecule has 6 atom stereocenters. The van der Waals surface area contributed by atoms with E-state index in [1.807, 2.05) is 0 Å². The maximum Gasteiger partial charge on any atom is 0.183 e. The molecule has 4 heteroatoms. The van der Waals surface area contributed by atoms with Crippen molar-refractivity contribution in [2.24, 2.45) is 23.2 Å². The number of rotatable bonds is 0. The average molecular weight is 314 g/mol. The van der Waals surface area contributed by atoms with Gasteiger partial charge in [-0.2, -0.15) is 5.10 Å². The molecule has 0 radical (unpaired) electrons. The van der Waals surface area contributed by atoms with E-state index in [1.165, 1.54) is 17.7 Å². The molecule has 1 aromatic heterocycles. The maximum atomic E-state index is 12.2. The molecule has 0 aliphatic heterocycles. The third-order valence-electron chi connectivity index (χ3n) is 8.19. The Hall–Kier alpha value is -1.16. The first kappa shape index (κ1) is 14.2. The van der Waals surface area contributed by atoms with Gasteiger partial charge in [-0.25, -0.2) is 0 Å². The first-order chi connectivity index (χ1) is 10.9. The molecule has 4 aliphatic rings. The number of carbonyl (C=O) groups excluding carboxylic acids is 1. The van der Waals surface area contributed by atoms with Crippen molar-refractivity contribution in [2.75, 3.05) is 0 Å². The molecule has 23 heavy (non-hydrogen) atoms. The van der Waals surface area contributed by atoms with Gasteiger partial charge in [-0.05, 0) is 61.7 Å². The van der Waals surface area contributed by atoms with Crippen LogP contribution in [0.2, 0.25) is 0 Å². The number of ketones is 1. The molecule has 0 unspecified atom stereocenters. The Kier molecular flexibility index (Phi) is 2.64. The summed E-state index contributed by atoms with van der Waals surface area (Å²) in [6.07, 6.45) is 6.93. The van der Waals surface area contributed by atoms with E-state index in [1.54, 1.807) is 0 Å². The zero-order valence-electron chi connectivity index (χ0n) is 14.1. The zero-order chi connectivity index (χ0) is 16.0. The molecule has 2 fully saturated rings. The van der Waals surface area contributed by atoms with Gasteiger partial charge in [0.1, 0.15) is 5.69 Å². The summed E-state index contributed by atoms with van der Waals surface area (Å²) in [6, 6.07) is 0. The summed E-state index contributed by atoms with van der Waals surface area (Å²) >= 11 is 0. The molecule has 0 spiro atoms. The van der Waals surface area contributed by atoms with Gasteiger partial charge in [0, 0.05) is 23.1 Å². The molecule has 124 valence electrons. The molecule has 0 aromatic carbocycles. The number of aliphatic hydroxyl groups is 1. The highest BCUT2D eigenvalue weighted by atomic mass is 16.3. The lowest BCUT2D eigenvalue weighted by Gasteiger charge is -2.56. The van der Waals surface area contributed by atoms with Gasteiger partial charge >= 0.3 is 0 Å². The number of H-pyrrole nitrogens is 1. The van der Waals surface area contributed by atoms with Crippen LogP contribution in [0.5, 0.6) is 0 Å². The molecule has 0 saturated heterocycles. The Morgan fingerprint density at radius 3 is 2.83 bits per heavy atom. The Balaban J connectivity index is 1.64. The number of nitrogens with zero attached hydrogens (tertiary/aromatic N) is 1. The van der Waals surface area contributed by atoms with Crippen molar-refractivity contribution in [3.8, 4) is 0 Å². The number of hydrogen-bond donors (Lipinski definition) is 2. The first-order valence-corrected chi connectivity index (χ1v) is 9.24. The summed E-state index contributed by atoms with van der Waals surface area (Å²) in [5, 5.41) is 18.1. The molecule has 2 saturated carbocycles. The largest absolute Gasteiger partial charge is 0.393 e. The van der Waals surface area contributed by atoms with Crippen molar-refractivity contribution in [1.82, 2.24) is 10.2 Å². The number of Topliss-reactive ketones (excluding diaryl/α,β-unsaturated/α-hetero) is 1. The summed E-state index contributed by atoms with van der Waals surface area (Å²) in [6.45, 7) is 4.69. The minimum Gasteiger partial charge on any atom is -0.393 e. The van der Waals surface area contributed by atoms with Crippen LogP contribution < -0.4 is 0 Å². The van der Waals surface area contributed by atoms with Crippen molar-refractivity contribution in [2.45, 2.75) is 70.3 Å². The first-order valence-electron chi connectivity index (χ1n) is 9.24. The predicted molar refractivity (Wildman–Crippen MR) is 86.3 cm³/mol. The fourth-order valence-corrected chi connectivity index (χ4v) is 6.90. The normalized spacial score (nSPS) is 47.9. The Bertz CT molecular complexity index is 696. The third-order valence-corrected chi connectivity index (χ3v) is 8.19. The van der Waals surface area contributed by atoms with E-state index < -0.39 is 0 Å². The van der Waals surface area contributed by atoms with E-state index in [0.717, 1.165) is 37.8 Å². The van der Waals surface area contributed by atoms with Crippen LogP contribution in [0.4, 0.5) is 0 Å². The van der Waals surface area contributed by atoms with Crippen molar-refractivity contribution < 1.29 is 9.90 Å². The van der Waals surface area contributed by atoms with Crippen molar-refractivity contribution in [3.05, 3.63) is 17.0 Å². The SMILES string of the molecule is C[C@]12CC[C@H]3[C@@H](Cc4[nH]nc5c4[C@]3(C)CCC5=O)[C@@H]1CC[C@@H]2O. The fourth-order valence-electron chi connectivity index (χ4n) is 6.90. The highest BCUT2D eigenvalue weighted by Crippen LogP contribution is 2.63. The van der Waals surface area contributed by atoms with Gasteiger partial charge in [0.2, 0.25) is 0 Å². The van der Waals surface area contributed by atoms with E-state index in [0.29, 0.717) is 24.2 Å². The molecular formula is C19H26N2O2. The quantitative estimate of drug-likeness (QED) is 0.773. The van der Waals surface area contributed by atoms with Crippen LogP contribution in [0.3, 0.4) is 0 Å². The van der Waals surface area contributed by atoms with Crippen LogP contribution in [-0.2, 0) is 11.8 Å². The van der Waals surface area contributed by atoms with Crippen LogP contribution in [0.15, 0.2) is 0 Å². The van der Waals surface area contributed by atoms with Gasteiger partial charge in [0.25, 0.3) is 0 Å². The van der Waals surface area contributed by atoms with Gasteiger partial charge in [0.05, 0.1) is 6.10 Å². The minimum atomic E-state index is -0.132. The summed E-state index contributed by atoms with van der Waals surface area (Å²) in [4.78, 5) is 12.2. The van der Waals surface area contributed by atoms with Gasteiger partial charge in [-0.1, -0.05) is 13.8 Å². The Labute approximate surface area is 137 Å². The topological polar surface area (TPSA) is 66.0 Å². The van der Waals surface area contributed by atoms with E-state index in [9.17, 15) is 9.90 Å². The molecule has 1 aromatic rings. The second-order valence-electron chi connectivity index (χ2n) is 8.99. The highest BCUT2D eigenvalue weighted by Gasteiger charge is 2.60. The highest BCUT2D eigenvalue weighted by molar-refractivity contribution is 5.97. The van der Waals surface area contributed by atoms with Gasteiger partial charge in [0.15, 0.2) is 5.78 Å². The summed E-state index contributed by atoms with van der Waals surface area (Å²) in [5.74, 6) is 2.11. The van der Waals surface area contributed by atoms with E-state index in [2.05, 4.69) is 24.0 Å². The fraction of sp³-hybridized carbons (Fsp3) is 0.789. The average Bonchev–Trinajstić information content (AvgIpc) is 3.08. The number of aliphatic hydroxyl groups excluding tert-OH is 1. The van der Waals surface area contributed by atoms with E-state index >= 15 is 0 Å². The van der Waals surface area contributed by atoms with Crippen LogP contribution in [0.25, 0.3) is 0 Å². The predicted octanol–water partition coefficient (Wildman–Crippen LogP) is 3.00. The summed E-state index contributed by atoms with van der Waals surface area (Å²) in [7, 11) is 0. The van der Waals surface area contributed by atoms with Crippen molar-refractivity contribution >= 4 is 5.78 Å². The third kappa shape index (κ3) is 1.56. The monoisotopic (exact) mass is 314 g/mol. The molecule has 0 bridgehead atoms. The Morgan fingerprint density at radius 1 is 1.17 bits per heavy atom. The summed E-state index contributed by atoms with van der Waals surface area (Å²) < 4.78 is 0.